The quantitative estimate of drug-likeness (QED) is 0.230. The number of amides is 1. The molecule has 1 aromatic carbocycles. The lowest BCUT2D eigenvalue weighted by Crippen LogP contribution is -2.43. The summed E-state index contributed by atoms with van der Waals surface area (Å²) in [6.07, 6.45) is 6.29. The first-order valence-electron chi connectivity index (χ1n) is 8.96. The number of nitrogens with zero attached hydrogens (tertiary/aromatic N) is 1. The maximum Gasteiger partial charge on any atom is 0.246 e. The summed E-state index contributed by atoms with van der Waals surface area (Å²) in [4.78, 5) is 19.2. The minimum Gasteiger partial charge on any atom is -0.357 e. The fourth-order valence-electron chi connectivity index (χ4n) is 2.54. The zero-order valence-corrected chi connectivity index (χ0v) is 19.6. The Hall–Kier alpha value is -2.05. The molecule has 0 bridgehead atoms. The molecule has 0 saturated carbocycles. The highest BCUT2D eigenvalue weighted by Crippen LogP contribution is 2.16. The van der Waals surface area contributed by atoms with Gasteiger partial charge < -0.3 is 16.0 Å². The van der Waals surface area contributed by atoms with E-state index in [-0.39, 0.29) is 42.5 Å². The predicted octanol–water partition coefficient (Wildman–Crippen LogP) is 3.78. The van der Waals surface area contributed by atoms with Gasteiger partial charge in [-0.1, -0.05) is 12.0 Å². The lowest BCUT2D eigenvalue weighted by molar-refractivity contribution is -0.114. The number of hydrogen-bond donors (Lipinski definition) is 3. The van der Waals surface area contributed by atoms with Gasteiger partial charge in [0.25, 0.3) is 0 Å². The van der Waals surface area contributed by atoms with Gasteiger partial charge in [-0.15, -0.1) is 41.7 Å². The maximum atomic E-state index is 12.2. The third-order valence-electron chi connectivity index (χ3n) is 3.72. The van der Waals surface area contributed by atoms with Crippen LogP contribution in [0.5, 0.6) is 0 Å². The monoisotopic (exact) mass is 510 g/mol. The number of halogens is 1. The van der Waals surface area contributed by atoms with Crippen LogP contribution in [0.2, 0.25) is 0 Å². The molecule has 2 rings (SSSR count). The van der Waals surface area contributed by atoms with E-state index in [0.29, 0.717) is 11.6 Å². The van der Waals surface area contributed by atoms with Gasteiger partial charge in [-0.25, -0.2) is 4.99 Å². The molecule has 1 aromatic heterocycles. The van der Waals surface area contributed by atoms with Crippen LogP contribution in [0.3, 0.4) is 0 Å². The molecule has 0 aliphatic rings. The fourth-order valence-corrected chi connectivity index (χ4v) is 3.56. The maximum absolute atomic E-state index is 12.2. The molecular weight excluding hydrogens is 483 g/mol. The van der Waals surface area contributed by atoms with Crippen LogP contribution in [0.15, 0.2) is 41.4 Å². The molecule has 0 fully saturated rings. The van der Waals surface area contributed by atoms with Crippen LogP contribution in [-0.4, -0.2) is 31.0 Å². The van der Waals surface area contributed by atoms with Gasteiger partial charge in [0.15, 0.2) is 5.96 Å². The van der Waals surface area contributed by atoms with Crippen LogP contribution in [0.25, 0.3) is 0 Å². The Morgan fingerprint density at radius 1 is 1.32 bits per heavy atom. The number of benzene rings is 1. The molecule has 28 heavy (non-hydrogen) atoms. The highest BCUT2D eigenvalue weighted by atomic mass is 127. The molecule has 1 heterocycles. The van der Waals surface area contributed by atoms with E-state index in [1.54, 1.807) is 23.5 Å². The second-order valence-corrected chi connectivity index (χ2v) is 7.60. The Labute approximate surface area is 188 Å². The van der Waals surface area contributed by atoms with E-state index in [4.69, 9.17) is 6.42 Å². The molecule has 3 N–H and O–H groups in total. The van der Waals surface area contributed by atoms with Gasteiger partial charge in [-0.05, 0) is 51.1 Å². The first kappa shape index (κ1) is 24.0. The molecule has 150 valence electrons. The van der Waals surface area contributed by atoms with Crippen molar-refractivity contribution >= 4 is 52.9 Å². The molecule has 0 saturated heterocycles. The van der Waals surface area contributed by atoms with Gasteiger partial charge in [0, 0.05) is 40.0 Å². The van der Waals surface area contributed by atoms with Crippen LogP contribution in [-0.2, 0) is 11.2 Å². The number of anilines is 1. The number of aryl methyl sites for hydroxylation is 1. The third kappa shape index (κ3) is 8.31. The number of nitrogens with one attached hydrogen (secondary N) is 3. The van der Waals surface area contributed by atoms with Crippen molar-refractivity contribution in [3.05, 3.63) is 51.7 Å². The smallest absolute Gasteiger partial charge is 0.246 e. The van der Waals surface area contributed by atoms with E-state index in [1.165, 1.54) is 9.75 Å². The summed E-state index contributed by atoms with van der Waals surface area (Å²) < 4.78 is 0. The van der Waals surface area contributed by atoms with Crippen LogP contribution in [0.4, 0.5) is 5.69 Å². The molecule has 0 radical (unpaired) electrons. The molecule has 7 heteroatoms. The van der Waals surface area contributed by atoms with E-state index in [2.05, 4.69) is 52.8 Å². The van der Waals surface area contributed by atoms with E-state index in [9.17, 15) is 4.79 Å². The average Bonchev–Trinajstić information content (AvgIpc) is 3.04. The average molecular weight is 510 g/mol. The largest absolute Gasteiger partial charge is 0.357 e. The second-order valence-electron chi connectivity index (χ2n) is 6.23. The van der Waals surface area contributed by atoms with Crippen molar-refractivity contribution in [2.45, 2.75) is 33.2 Å². The Kier molecular flexibility index (Phi) is 10.6. The number of rotatable bonds is 7. The normalized spacial score (nSPS) is 11.7. The molecule has 0 spiro atoms. The molecule has 1 unspecified atom stereocenters. The van der Waals surface area contributed by atoms with Gasteiger partial charge in [0.1, 0.15) is 6.54 Å². The van der Waals surface area contributed by atoms with Crippen molar-refractivity contribution in [3.8, 4) is 12.3 Å². The summed E-state index contributed by atoms with van der Waals surface area (Å²) >= 11 is 1.80. The predicted molar refractivity (Wildman–Crippen MR) is 130 cm³/mol. The summed E-state index contributed by atoms with van der Waals surface area (Å²) in [5.74, 6) is 2.99. The Morgan fingerprint density at radius 2 is 2.11 bits per heavy atom. The first-order valence-corrected chi connectivity index (χ1v) is 9.78. The van der Waals surface area contributed by atoms with Crippen molar-refractivity contribution in [1.82, 2.24) is 10.6 Å². The number of thiophene rings is 1. The second kappa shape index (κ2) is 12.4. The summed E-state index contributed by atoms with van der Waals surface area (Å²) in [5.41, 5.74) is 1.40. The lowest BCUT2D eigenvalue weighted by atomic mass is 10.2. The van der Waals surface area contributed by atoms with Crippen molar-refractivity contribution < 1.29 is 4.79 Å². The number of terminal acetylenes is 1. The van der Waals surface area contributed by atoms with E-state index < -0.39 is 0 Å². The number of carbonyl (C=O) groups excluding carboxylic acids is 1. The van der Waals surface area contributed by atoms with Crippen LogP contribution in [0.1, 0.15) is 29.2 Å². The fraction of sp³-hybridized carbons (Fsp3) is 0.333. The van der Waals surface area contributed by atoms with Crippen LogP contribution >= 0.6 is 35.3 Å². The molecule has 0 aliphatic heterocycles. The topological polar surface area (TPSA) is 65.5 Å². The number of carbonyl (C=O) groups is 1. The standard InChI is InChI=1S/C21H26N4OS.HI/c1-5-17-8-7-9-18(13-17)25-20(26)14-23-21(22-6-2)24-15(3)12-19-11-10-16(4)27-19;/h1,7-11,13,15H,6,12,14H2,2-4H3,(H,25,26)(H2,22,23,24);1H. The third-order valence-corrected chi connectivity index (χ3v) is 4.75. The lowest BCUT2D eigenvalue weighted by Gasteiger charge is -2.17. The Bertz CT molecular complexity index is 841. The highest BCUT2D eigenvalue weighted by Gasteiger charge is 2.09. The van der Waals surface area contributed by atoms with Gasteiger partial charge in [0.2, 0.25) is 5.91 Å². The van der Waals surface area contributed by atoms with Gasteiger partial charge in [0.05, 0.1) is 0 Å². The first-order chi connectivity index (χ1) is 13.0. The van der Waals surface area contributed by atoms with Crippen LogP contribution < -0.4 is 16.0 Å². The minimum absolute atomic E-state index is 0. The summed E-state index contributed by atoms with van der Waals surface area (Å²) in [6.45, 7) is 6.96. The molecule has 0 aliphatic carbocycles. The zero-order chi connectivity index (χ0) is 19.6. The molecule has 1 atom stereocenters. The van der Waals surface area contributed by atoms with Gasteiger partial charge in [-0.3, -0.25) is 4.79 Å². The number of aliphatic imine (C=N–C) groups is 1. The van der Waals surface area contributed by atoms with Crippen molar-refractivity contribution in [2.24, 2.45) is 4.99 Å². The van der Waals surface area contributed by atoms with Crippen molar-refractivity contribution in [1.29, 1.82) is 0 Å². The minimum atomic E-state index is -0.192. The van der Waals surface area contributed by atoms with E-state index >= 15 is 0 Å². The van der Waals surface area contributed by atoms with Gasteiger partial charge >= 0.3 is 0 Å². The van der Waals surface area contributed by atoms with Crippen molar-refractivity contribution in [2.75, 3.05) is 18.4 Å². The van der Waals surface area contributed by atoms with Crippen molar-refractivity contribution in [3.63, 3.8) is 0 Å². The van der Waals surface area contributed by atoms with E-state index in [1.807, 2.05) is 19.1 Å². The van der Waals surface area contributed by atoms with E-state index in [0.717, 1.165) is 18.5 Å². The SMILES string of the molecule is C#Cc1cccc(NC(=O)CN=C(NCC)NC(C)Cc2ccc(C)s2)c1.I. The molecule has 5 nitrogen and oxygen atoms in total. The van der Waals surface area contributed by atoms with Crippen LogP contribution in [0, 0.1) is 19.3 Å². The molecular formula is C21H27IN4OS. The molecule has 1 amide bonds. The summed E-state index contributed by atoms with van der Waals surface area (Å²) in [5, 5.41) is 9.34. The number of guanidine groups is 1. The highest BCUT2D eigenvalue weighted by molar-refractivity contribution is 14.0. The summed E-state index contributed by atoms with van der Waals surface area (Å²) in [6, 6.07) is 11.7. The zero-order valence-electron chi connectivity index (χ0n) is 16.4. The number of hydrogen-bond acceptors (Lipinski definition) is 3. The van der Waals surface area contributed by atoms with Gasteiger partial charge in [-0.2, -0.15) is 0 Å². The Morgan fingerprint density at radius 3 is 2.75 bits per heavy atom. The summed E-state index contributed by atoms with van der Waals surface area (Å²) in [7, 11) is 0. The Balaban J connectivity index is 0.00000392. The molecule has 2 aromatic rings.